The summed E-state index contributed by atoms with van der Waals surface area (Å²) in [5.74, 6) is 1.40. The van der Waals surface area contributed by atoms with Gasteiger partial charge in [0.2, 0.25) is 5.91 Å². The molecule has 1 aromatic rings. The van der Waals surface area contributed by atoms with Gasteiger partial charge in [-0.2, -0.15) is 0 Å². The Morgan fingerprint density at radius 2 is 1.68 bits per heavy atom. The van der Waals surface area contributed by atoms with E-state index >= 15 is 0 Å². The number of nitrogens with zero attached hydrogens (tertiary/aromatic N) is 2. The molecule has 0 saturated carbocycles. The van der Waals surface area contributed by atoms with Gasteiger partial charge in [0.05, 0.1) is 5.92 Å². The number of rotatable bonds is 2. The van der Waals surface area contributed by atoms with Crippen molar-refractivity contribution in [3.8, 4) is 0 Å². The molecule has 25 heavy (non-hydrogen) atoms. The van der Waals surface area contributed by atoms with Crippen molar-refractivity contribution in [1.29, 1.82) is 0 Å². The van der Waals surface area contributed by atoms with Crippen molar-refractivity contribution >= 4 is 23.4 Å². The number of fused-ring (bicyclic) bond motifs is 1. The average molecular weight is 362 g/mol. The van der Waals surface area contributed by atoms with Gasteiger partial charge >= 0.3 is 0 Å². The van der Waals surface area contributed by atoms with Crippen LogP contribution >= 0.6 is 11.6 Å². The molecular weight excluding hydrogens is 338 g/mol. The number of hydrogen-bond donors (Lipinski definition) is 1. The van der Waals surface area contributed by atoms with E-state index in [-0.39, 0.29) is 17.7 Å². The van der Waals surface area contributed by atoms with Crippen LogP contribution in [0.3, 0.4) is 0 Å². The molecule has 0 aliphatic carbocycles. The molecule has 4 rings (SSSR count). The van der Waals surface area contributed by atoms with Crippen molar-refractivity contribution in [2.45, 2.75) is 12.8 Å². The summed E-state index contributed by atoms with van der Waals surface area (Å²) in [6.07, 6.45) is 1.77. The van der Waals surface area contributed by atoms with Crippen LogP contribution in [0.2, 0.25) is 5.02 Å². The first-order valence-corrected chi connectivity index (χ1v) is 9.54. The van der Waals surface area contributed by atoms with Crippen LogP contribution in [0.25, 0.3) is 0 Å². The van der Waals surface area contributed by atoms with E-state index < -0.39 is 0 Å². The molecule has 0 aromatic heterocycles. The minimum Gasteiger partial charge on any atom is -0.342 e. The van der Waals surface area contributed by atoms with Crippen LogP contribution in [0.1, 0.15) is 23.2 Å². The fourth-order valence-electron chi connectivity index (χ4n) is 4.43. The van der Waals surface area contributed by atoms with E-state index in [1.807, 2.05) is 9.80 Å². The third kappa shape index (κ3) is 3.40. The first-order valence-electron chi connectivity index (χ1n) is 9.16. The highest BCUT2D eigenvalue weighted by atomic mass is 35.5. The van der Waals surface area contributed by atoms with E-state index in [2.05, 4.69) is 5.32 Å². The van der Waals surface area contributed by atoms with Crippen molar-refractivity contribution in [3.63, 3.8) is 0 Å². The predicted octanol–water partition coefficient (Wildman–Crippen LogP) is 1.87. The van der Waals surface area contributed by atoms with Gasteiger partial charge in [0.25, 0.3) is 5.91 Å². The monoisotopic (exact) mass is 361 g/mol. The molecule has 134 valence electrons. The van der Waals surface area contributed by atoms with Crippen LogP contribution in [0, 0.1) is 17.8 Å². The maximum Gasteiger partial charge on any atom is 0.253 e. The Kier molecular flexibility index (Phi) is 4.69. The number of hydrogen-bond acceptors (Lipinski definition) is 3. The maximum atomic E-state index is 12.9. The van der Waals surface area contributed by atoms with Gasteiger partial charge in [-0.25, -0.2) is 0 Å². The van der Waals surface area contributed by atoms with E-state index in [9.17, 15) is 9.59 Å². The predicted molar refractivity (Wildman–Crippen MR) is 96.5 cm³/mol. The van der Waals surface area contributed by atoms with Gasteiger partial charge in [-0.05, 0) is 48.9 Å². The van der Waals surface area contributed by atoms with Gasteiger partial charge in [-0.15, -0.1) is 0 Å². The highest BCUT2D eigenvalue weighted by Crippen LogP contribution is 2.29. The Hall–Kier alpha value is -1.59. The molecule has 0 bridgehead atoms. The molecule has 1 N–H and O–H groups in total. The summed E-state index contributed by atoms with van der Waals surface area (Å²) in [5, 5.41) is 4.03. The maximum absolute atomic E-state index is 12.9. The topological polar surface area (TPSA) is 52.7 Å². The number of nitrogens with one attached hydrogen (secondary N) is 1. The molecule has 1 aromatic carbocycles. The minimum absolute atomic E-state index is 0.00309. The highest BCUT2D eigenvalue weighted by molar-refractivity contribution is 6.30. The first-order chi connectivity index (χ1) is 12.1. The lowest BCUT2D eigenvalue weighted by molar-refractivity contribution is -0.136. The molecule has 3 aliphatic heterocycles. The molecule has 3 fully saturated rings. The zero-order valence-electron chi connectivity index (χ0n) is 14.3. The molecule has 5 nitrogen and oxygen atoms in total. The molecule has 0 radical (unpaired) electrons. The van der Waals surface area contributed by atoms with Crippen molar-refractivity contribution < 1.29 is 9.59 Å². The number of piperidine rings is 1. The molecule has 3 atom stereocenters. The number of benzene rings is 1. The number of carbonyl (C=O) groups is 2. The normalized spacial score (nSPS) is 28.9. The standard InChI is InChI=1S/C19H24ClN3O2/c20-17-5-3-13(4-6-17)18(24)22-7-1-2-14(10-22)19(25)23-11-15-8-21-9-16(15)12-23/h3-6,14-16,21H,1-2,7-12H2/t14?,15-,16+. The van der Waals surface area contributed by atoms with Crippen LogP contribution in [0.4, 0.5) is 0 Å². The molecule has 1 unspecified atom stereocenters. The number of likely N-dealkylation sites (tertiary alicyclic amines) is 2. The highest BCUT2D eigenvalue weighted by Gasteiger charge is 2.40. The quantitative estimate of drug-likeness (QED) is 0.875. The van der Waals surface area contributed by atoms with Gasteiger partial charge in [-0.1, -0.05) is 11.6 Å². The van der Waals surface area contributed by atoms with Crippen molar-refractivity contribution in [3.05, 3.63) is 34.9 Å². The second-order valence-electron chi connectivity index (χ2n) is 7.52. The fourth-order valence-corrected chi connectivity index (χ4v) is 4.56. The van der Waals surface area contributed by atoms with Crippen LogP contribution in [-0.2, 0) is 4.79 Å². The third-order valence-corrected chi connectivity index (χ3v) is 6.10. The summed E-state index contributed by atoms with van der Waals surface area (Å²) >= 11 is 5.90. The lowest BCUT2D eigenvalue weighted by Crippen LogP contribution is -2.46. The number of amides is 2. The van der Waals surface area contributed by atoms with Crippen LogP contribution in [0.15, 0.2) is 24.3 Å². The summed E-state index contributed by atoms with van der Waals surface area (Å²) in [6.45, 7) is 5.06. The van der Waals surface area contributed by atoms with E-state index in [1.165, 1.54) is 0 Å². The van der Waals surface area contributed by atoms with Crippen LogP contribution in [-0.4, -0.2) is 60.9 Å². The van der Waals surface area contributed by atoms with Gasteiger partial charge < -0.3 is 15.1 Å². The van der Waals surface area contributed by atoms with Crippen molar-refractivity contribution in [1.82, 2.24) is 15.1 Å². The number of halogens is 1. The Morgan fingerprint density at radius 1 is 1.00 bits per heavy atom. The molecular formula is C19H24ClN3O2. The van der Waals surface area contributed by atoms with Gasteiger partial charge in [0.1, 0.15) is 0 Å². The Bertz CT molecular complexity index is 651. The van der Waals surface area contributed by atoms with Crippen molar-refractivity contribution in [2.24, 2.45) is 17.8 Å². The third-order valence-electron chi connectivity index (χ3n) is 5.85. The second kappa shape index (κ2) is 6.96. The molecule has 3 saturated heterocycles. The Balaban J connectivity index is 1.39. The van der Waals surface area contributed by atoms with E-state index in [4.69, 9.17) is 11.6 Å². The van der Waals surface area contributed by atoms with Crippen LogP contribution < -0.4 is 5.32 Å². The van der Waals surface area contributed by atoms with E-state index in [0.717, 1.165) is 45.6 Å². The Labute approximate surface area is 153 Å². The smallest absolute Gasteiger partial charge is 0.253 e. The summed E-state index contributed by atoms with van der Waals surface area (Å²) in [7, 11) is 0. The summed E-state index contributed by atoms with van der Waals surface area (Å²) in [6, 6.07) is 6.98. The zero-order valence-corrected chi connectivity index (χ0v) is 15.0. The first kappa shape index (κ1) is 16.9. The van der Waals surface area contributed by atoms with Crippen molar-refractivity contribution in [2.75, 3.05) is 39.3 Å². The lowest BCUT2D eigenvalue weighted by atomic mass is 9.96. The zero-order chi connectivity index (χ0) is 17.4. The summed E-state index contributed by atoms with van der Waals surface area (Å²) in [5.41, 5.74) is 0.638. The summed E-state index contributed by atoms with van der Waals surface area (Å²) < 4.78 is 0. The second-order valence-corrected chi connectivity index (χ2v) is 7.96. The van der Waals surface area contributed by atoms with Gasteiger partial charge in [-0.3, -0.25) is 9.59 Å². The van der Waals surface area contributed by atoms with E-state index in [0.29, 0.717) is 29.0 Å². The number of carbonyl (C=O) groups excluding carboxylic acids is 2. The SMILES string of the molecule is O=C(c1ccc(Cl)cc1)N1CCCC(C(=O)N2C[C@H]3CNC[C@H]3C2)C1. The molecule has 2 amide bonds. The molecule has 0 spiro atoms. The van der Waals surface area contributed by atoms with E-state index in [1.54, 1.807) is 24.3 Å². The van der Waals surface area contributed by atoms with Gasteiger partial charge in [0, 0.05) is 49.9 Å². The molecule has 6 heteroatoms. The fraction of sp³-hybridized carbons (Fsp3) is 0.579. The Morgan fingerprint density at radius 3 is 2.36 bits per heavy atom. The largest absolute Gasteiger partial charge is 0.342 e. The lowest BCUT2D eigenvalue weighted by Gasteiger charge is -2.34. The van der Waals surface area contributed by atoms with Gasteiger partial charge in [0.15, 0.2) is 0 Å². The molecule has 3 aliphatic rings. The summed E-state index contributed by atoms with van der Waals surface area (Å²) in [4.78, 5) is 29.5. The average Bonchev–Trinajstić information content (AvgIpc) is 3.23. The minimum atomic E-state index is -0.0585. The van der Waals surface area contributed by atoms with Crippen LogP contribution in [0.5, 0.6) is 0 Å². The molecule has 3 heterocycles.